The summed E-state index contributed by atoms with van der Waals surface area (Å²) < 4.78 is 0. The first-order valence-corrected chi connectivity index (χ1v) is 10.7. The molecule has 3 rings (SSSR count). The molecule has 0 aromatic heterocycles. The van der Waals surface area contributed by atoms with Gasteiger partial charge in [-0.3, -0.25) is 9.59 Å². The SMILES string of the molecule is C=C(O)CNC=CCNc1ccc(NCC=CNCC(=C)O)c2c1C(=O)c1ccccc1C2=O. The zero-order valence-electron chi connectivity index (χ0n) is 18.7. The van der Waals surface area contributed by atoms with Gasteiger partial charge in [0.25, 0.3) is 0 Å². The number of hydrogen-bond acceptors (Lipinski definition) is 8. The molecule has 6 N–H and O–H groups in total. The number of nitrogens with one attached hydrogen (secondary N) is 4. The molecule has 2 aromatic rings. The Morgan fingerprint density at radius 2 is 1.15 bits per heavy atom. The molecular weight excluding hydrogens is 432 g/mol. The summed E-state index contributed by atoms with van der Waals surface area (Å²) in [6.45, 7) is 8.09. The van der Waals surface area contributed by atoms with Crippen molar-refractivity contribution in [2.75, 3.05) is 36.8 Å². The Bertz CT molecular complexity index is 1080. The van der Waals surface area contributed by atoms with Gasteiger partial charge in [-0.05, 0) is 36.7 Å². The van der Waals surface area contributed by atoms with Crippen LogP contribution in [0.25, 0.3) is 0 Å². The molecule has 0 heterocycles. The quantitative estimate of drug-likeness (QED) is 0.227. The normalized spacial score (nSPS) is 12.4. The van der Waals surface area contributed by atoms with E-state index in [0.29, 0.717) is 46.7 Å². The predicted molar refractivity (Wildman–Crippen MR) is 135 cm³/mol. The Hall–Kier alpha value is -4.46. The molecule has 1 aliphatic rings. The highest BCUT2D eigenvalue weighted by Gasteiger charge is 2.33. The Balaban J connectivity index is 1.84. The highest BCUT2D eigenvalue weighted by atomic mass is 16.3. The zero-order valence-corrected chi connectivity index (χ0v) is 18.7. The van der Waals surface area contributed by atoms with Crippen molar-refractivity contribution in [2.45, 2.75) is 0 Å². The fraction of sp³-hybridized carbons (Fsp3) is 0.154. The van der Waals surface area contributed by atoms with Crippen LogP contribution in [-0.2, 0) is 0 Å². The molecule has 0 aliphatic heterocycles. The second-order valence-corrected chi connectivity index (χ2v) is 7.58. The molecule has 0 atom stereocenters. The van der Waals surface area contributed by atoms with Crippen LogP contribution in [0.15, 0.2) is 85.6 Å². The Labute approximate surface area is 198 Å². The van der Waals surface area contributed by atoms with Crippen LogP contribution < -0.4 is 21.3 Å². The third kappa shape index (κ3) is 5.86. The predicted octanol–water partition coefficient (Wildman–Crippen LogP) is 3.64. The third-order valence-electron chi connectivity index (χ3n) is 4.98. The molecule has 34 heavy (non-hydrogen) atoms. The van der Waals surface area contributed by atoms with Crippen molar-refractivity contribution < 1.29 is 19.8 Å². The molecule has 1 aliphatic carbocycles. The number of benzene rings is 2. The molecule has 0 saturated heterocycles. The van der Waals surface area contributed by atoms with E-state index in [2.05, 4.69) is 34.4 Å². The van der Waals surface area contributed by atoms with Gasteiger partial charge < -0.3 is 31.5 Å². The largest absolute Gasteiger partial charge is 0.511 e. The van der Waals surface area contributed by atoms with Crippen LogP contribution in [0.4, 0.5) is 11.4 Å². The summed E-state index contributed by atoms with van der Waals surface area (Å²) in [5, 5.41) is 30.4. The van der Waals surface area contributed by atoms with Crippen molar-refractivity contribution in [1.29, 1.82) is 0 Å². The number of fused-ring (bicyclic) bond motifs is 2. The smallest absolute Gasteiger partial charge is 0.196 e. The van der Waals surface area contributed by atoms with Gasteiger partial charge in [0.15, 0.2) is 11.6 Å². The average Bonchev–Trinajstić information content (AvgIpc) is 2.81. The Morgan fingerprint density at radius 1 is 0.735 bits per heavy atom. The Morgan fingerprint density at radius 3 is 1.53 bits per heavy atom. The summed E-state index contributed by atoms with van der Waals surface area (Å²) in [6, 6.07) is 10.4. The van der Waals surface area contributed by atoms with Crippen LogP contribution >= 0.6 is 0 Å². The minimum absolute atomic E-state index is 0.0296. The lowest BCUT2D eigenvalue weighted by Crippen LogP contribution is -2.24. The molecule has 0 unspecified atom stereocenters. The maximum Gasteiger partial charge on any atom is 0.196 e. The van der Waals surface area contributed by atoms with E-state index in [1.54, 1.807) is 61.0 Å². The van der Waals surface area contributed by atoms with Crippen molar-refractivity contribution in [3.05, 3.63) is 108 Å². The van der Waals surface area contributed by atoms with Gasteiger partial charge in [0.1, 0.15) is 11.5 Å². The van der Waals surface area contributed by atoms with E-state index < -0.39 is 0 Å². The summed E-state index contributed by atoms with van der Waals surface area (Å²) in [7, 11) is 0. The van der Waals surface area contributed by atoms with E-state index in [9.17, 15) is 9.59 Å². The lowest BCUT2D eigenvalue weighted by Gasteiger charge is -2.23. The number of hydrogen-bond donors (Lipinski definition) is 6. The molecule has 8 nitrogen and oxygen atoms in total. The zero-order chi connectivity index (χ0) is 24.5. The second kappa shape index (κ2) is 11.4. The first-order valence-electron chi connectivity index (χ1n) is 10.7. The van der Waals surface area contributed by atoms with E-state index in [-0.39, 0.29) is 36.2 Å². The van der Waals surface area contributed by atoms with E-state index >= 15 is 0 Å². The van der Waals surface area contributed by atoms with Crippen LogP contribution in [0.3, 0.4) is 0 Å². The molecule has 2 aromatic carbocycles. The van der Waals surface area contributed by atoms with Crippen molar-refractivity contribution >= 4 is 22.9 Å². The highest BCUT2D eigenvalue weighted by molar-refractivity contribution is 6.31. The minimum Gasteiger partial charge on any atom is -0.511 e. The molecule has 0 amide bonds. The minimum atomic E-state index is -0.214. The Kier molecular flexibility index (Phi) is 8.12. The molecule has 8 heteroatoms. The van der Waals surface area contributed by atoms with Gasteiger partial charge in [0.2, 0.25) is 0 Å². The molecule has 0 saturated carbocycles. The summed E-state index contributed by atoms with van der Waals surface area (Å²) in [5.41, 5.74) is 2.54. The lowest BCUT2D eigenvalue weighted by molar-refractivity contribution is 0.0980. The summed E-state index contributed by atoms with van der Waals surface area (Å²) in [4.78, 5) is 26.7. The van der Waals surface area contributed by atoms with E-state index in [4.69, 9.17) is 10.2 Å². The summed E-state index contributed by atoms with van der Waals surface area (Å²) >= 11 is 0. The number of aliphatic hydroxyl groups is 2. The van der Waals surface area contributed by atoms with Crippen molar-refractivity contribution in [3.63, 3.8) is 0 Å². The first kappa shape index (κ1) is 24.2. The number of rotatable bonds is 12. The molecule has 0 spiro atoms. The van der Waals surface area contributed by atoms with Gasteiger partial charge in [-0.2, -0.15) is 0 Å². The number of anilines is 2. The highest BCUT2D eigenvalue weighted by Crippen LogP contribution is 2.36. The number of carbonyl (C=O) groups is 2. The van der Waals surface area contributed by atoms with Gasteiger partial charge in [-0.25, -0.2) is 0 Å². The number of carbonyl (C=O) groups excluding carboxylic acids is 2. The van der Waals surface area contributed by atoms with Gasteiger partial charge in [0.05, 0.1) is 24.2 Å². The fourth-order valence-electron chi connectivity index (χ4n) is 3.49. The molecular formula is C26H28N4O4. The molecule has 0 fully saturated rings. The topological polar surface area (TPSA) is 123 Å². The van der Waals surface area contributed by atoms with E-state index in [1.165, 1.54) is 0 Å². The first-order chi connectivity index (χ1) is 16.4. The van der Waals surface area contributed by atoms with Gasteiger partial charge in [-0.1, -0.05) is 37.4 Å². The van der Waals surface area contributed by atoms with Crippen LogP contribution in [0, 0.1) is 0 Å². The summed E-state index contributed by atoms with van der Waals surface area (Å²) in [6.07, 6.45) is 6.93. The third-order valence-corrected chi connectivity index (χ3v) is 4.98. The van der Waals surface area contributed by atoms with Gasteiger partial charge in [-0.15, -0.1) is 0 Å². The van der Waals surface area contributed by atoms with Crippen LogP contribution in [0.1, 0.15) is 31.8 Å². The van der Waals surface area contributed by atoms with Crippen molar-refractivity contribution in [3.8, 4) is 0 Å². The maximum atomic E-state index is 13.4. The van der Waals surface area contributed by atoms with E-state index in [0.717, 1.165) is 0 Å². The van der Waals surface area contributed by atoms with Crippen LogP contribution in [-0.4, -0.2) is 48.0 Å². The van der Waals surface area contributed by atoms with Crippen LogP contribution in [0.2, 0.25) is 0 Å². The lowest BCUT2D eigenvalue weighted by atomic mass is 9.82. The second-order valence-electron chi connectivity index (χ2n) is 7.58. The standard InChI is InChI=1S/C26H28N4O4/c1-17(31)15-27-11-5-13-29-21-9-10-22(30-14-6-12-28-16-18(2)32)24-23(21)25(33)19-7-3-4-8-20(19)26(24)34/h3-12,27-32H,1-2,13-16H2. The van der Waals surface area contributed by atoms with Crippen LogP contribution in [0.5, 0.6) is 0 Å². The summed E-state index contributed by atoms with van der Waals surface area (Å²) in [5.74, 6) is -0.369. The monoisotopic (exact) mass is 460 g/mol. The van der Waals surface area contributed by atoms with Crippen molar-refractivity contribution in [1.82, 2.24) is 10.6 Å². The van der Waals surface area contributed by atoms with Gasteiger partial charge >= 0.3 is 0 Å². The average molecular weight is 461 g/mol. The molecule has 0 radical (unpaired) electrons. The molecule has 176 valence electrons. The number of ketones is 2. The molecule has 0 bridgehead atoms. The fourth-order valence-corrected chi connectivity index (χ4v) is 3.49. The van der Waals surface area contributed by atoms with Gasteiger partial charge in [0, 0.05) is 35.6 Å². The van der Waals surface area contributed by atoms with Crippen molar-refractivity contribution in [2.24, 2.45) is 0 Å². The maximum absolute atomic E-state index is 13.4. The van der Waals surface area contributed by atoms with E-state index in [1.807, 2.05) is 0 Å². The number of aliphatic hydroxyl groups excluding tert-OH is 2.